The monoisotopic (exact) mass is 419 g/mol. The molecule has 21 heavy (non-hydrogen) atoms. The molecule has 0 amide bonds. The third-order valence-corrected chi connectivity index (χ3v) is 4.40. The highest BCUT2D eigenvalue weighted by atomic mass is 127. The zero-order chi connectivity index (χ0) is 15.4. The summed E-state index contributed by atoms with van der Waals surface area (Å²) in [7, 11) is 0. The molecule has 2 aromatic rings. The molecule has 0 bridgehead atoms. The summed E-state index contributed by atoms with van der Waals surface area (Å²) in [4.78, 5) is 9.11. The molecule has 3 nitrogen and oxygen atoms in total. The Hall–Kier alpha value is -0.950. The van der Waals surface area contributed by atoms with Gasteiger partial charge in [0.25, 0.3) is 0 Å². The highest BCUT2D eigenvalue weighted by Gasteiger charge is 2.13. The minimum atomic E-state index is -0.439. The number of hydrogen-bond donors (Lipinski definition) is 1. The number of nitrogens with zero attached hydrogens (tertiary/aromatic N) is 2. The van der Waals surface area contributed by atoms with Gasteiger partial charge in [0.2, 0.25) is 0 Å². The van der Waals surface area contributed by atoms with Gasteiger partial charge in [-0.15, -0.1) is 0 Å². The second-order valence-electron chi connectivity index (χ2n) is 4.57. The van der Waals surface area contributed by atoms with Gasteiger partial charge in [-0.1, -0.05) is 25.4 Å². The number of hydrogen-bond acceptors (Lipinski definition) is 3. The van der Waals surface area contributed by atoms with Crippen LogP contribution in [0.25, 0.3) is 11.4 Å². The average Bonchev–Trinajstić information content (AvgIpc) is 2.49. The minimum Gasteiger partial charge on any atom is -0.369 e. The van der Waals surface area contributed by atoms with Gasteiger partial charge in [-0.3, -0.25) is 0 Å². The Bertz CT molecular complexity index is 649. The SMILES string of the molecule is CCCNc1nc(-c2ccc(F)c(Cl)c2)nc(CC)c1I. The van der Waals surface area contributed by atoms with Crippen molar-refractivity contribution in [2.45, 2.75) is 26.7 Å². The predicted molar refractivity (Wildman–Crippen MR) is 93.3 cm³/mol. The maximum Gasteiger partial charge on any atom is 0.161 e. The third kappa shape index (κ3) is 3.83. The van der Waals surface area contributed by atoms with Crippen molar-refractivity contribution >= 4 is 40.0 Å². The quantitative estimate of drug-likeness (QED) is 0.699. The van der Waals surface area contributed by atoms with Crippen LogP contribution in [0.1, 0.15) is 26.0 Å². The van der Waals surface area contributed by atoms with Crippen LogP contribution in [0.2, 0.25) is 5.02 Å². The summed E-state index contributed by atoms with van der Waals surface area (Å²) in [6.45, 7) is 5.00. The number of benzene rings is 1. The van der Waals surface area contributed by atoms with E-state index in [2.05, 4.69) is 51.7 Å². The van der Waals surface area contributed by atoms with Crippen molar-refractivity contribution in [1.29, 1.82) is 0 Å². The lowest BCUT2D eigenvalue weighted by Gasteiger charge is -2.12. The summed E-state index contributed by atoms with van der Waals surface area (Å²) in [5.74, 6) is 0.943. The van der Waals surface area contributed by atoms with E-state index in [9.17, 15) is 4.39 Å². The molecule has 0 aliphatic rings. The summed E-state index contributed by atoms with van der Waals surface area (Å²) in [5, 5.41) is 3.39. The lowest BCUT2D eigenvalue weighted by molar-refractivity contribution is 0.628. The summed E-state index contributed by atoms with van der Waals surface area (Å²) >= 11 is 8.10. The van der Waals surface area contributed by atoms with Crippen molar-refractivity contribution in [3.8, 4) is 11.4 Å². The summed E-state index contributed by atoms with van der Waals surface area (Å²) in [6.07, 6.45) is 1.82. The Kier molecular flexibility index (Phi) is 5.75. The molecule has 0 radical (unpaired) electrons. The van der Waals surface area contributed by atoms with Gasteiger partial charge in [0.05, 0.1) is 14.3 Å². The van der Waals surface area contributed by atoms with E-state index >= 15 is 0 Å². The van der Waals surface area contributed by atoms with Crippen LogP contribution in [0.3, 0.4) is 0 Å². The number of aryl methyl sites for hydroxylation is 1. The average molecular weight is 420 g/mol. The molecule has 0 saturated heterocycles. The van der Waals surface area contributed by atoms with E-state index in [1.807, 2.05) is 0 Å². The first-order chi connectivity index (χ1) is 10.1. The minimum absolute atomic E-state index is 0.0794. The molecule has 1 N–H and O–H groups in total. The van der Waals surface area contributed by atoms with E-state index in [4.69, 9.17) is 11.6 Å². The molecule has 0 unspecified atom stereocenters. The van der Waals surface area contributed by atoms with Crippen LogP contribution < -0.4 is 5.32 Å². The van der Waals surface area contributed by atoms with E-state index in [1.165, 1.54) is 6.07 Å². The maximum atomic E-state index is 13.3. The van der Waals surface area contributed by atoms with Gasteiger partial charge >= 0.3 is 0 Å². The first-order valence-corrected chi connectivity index (χ1v) is 8.28. The van der Waals surface area contributed by atoms with Crippen LogP contribution in [-0.2, 0) is 6.42 Å². The smallest absolute Gasteiger partial charge is 0.161 e. The van der Waals surface area contributed by atoms with E-state index < -0.39 is 5.82 Å². The van der Waals surface area contributed by atoms with Gasteiger partial charge in [0.15, 0.2) is 5.82 Å². The van der Waals surface area contributed by atoms with Crippen molar-refractivity contribution in [3.05, 3.63) is 38.3 Å². The molecular formula is C15H16ClFIN3. The van der Waals surface area contributed by atoms with E-state index in [-0.39, 0.29) is 5.02 Å². The number of aromatic nitrogens is 2. The van der Waals surface area contributed by atoms with Gasteiger partial charge < -0.3 is 5.32 Å². The third-order valence-electron chi connectivity index (χ3n) is 2.97. The molecule has 0 atom stereocenters. The molecule has 1 aromatic heterocycles. The van der Waals surface area contributed by atoms with Gasteiger partial charge in [-0.05, 0) is 53.6 Å². The van der Waals surface area contributed by atoms with Crippen molar-refractivity contribution in [3.63, 3.8) is 0 Å². The lowest BCUT2D eigenvalue weighted by atomic mass is 10.2. The van der Waals surface area contributed by atoms with Crippen molar-refractivity contribution in [2.75, 3.05) is 11.9 Å². The molecule has 112 valence electrons. The Morgan fingerprint density at radius 2 is 2.05 bits per heavy atom. The largest absolute Gasteiger partial charge is 0.369 e. The Morgan fingerprint density at radius 3 is 2.67 bits per heavy atom. The van der Waals surface area contributed by atoms with E-state index in [0.717, 1.165) is 34.5 Å². The Balaban J connectivity index is 2.49. The molecule has 0 aliphatic carbocycles. The fourth-order valence-corrected chi connectivity index (χ4v) is 2.85. The topological polar surface area (TPSA) is 37.8 Å². The van der Waals surface area contributed by atoms with Crippen LogP contribution in [0.15, 0.2) is 18.2 Å². The molecule has 0 spiro atoms. The van der Waals surface area contributed by atoms with Gasteiger partial charge in [0, 0.05) is 12.1 Å². The summed E-state index contributed by atoms with van der Waals surface area (Å²) in [5.41, 5.74) is 1.69. The summed E-state index contributed by atoms with van der Waals surface area (Å²) < 4.78 is 14.3. The number of rotatable bonds is 5. The number of anilines is 1. The van der Waals surface area contributed by atoms with Crippen molar-refractivity contribution in [2.24, 2.45) is 0 Å². The molecule has 0 fully saturated rings. The summed E-state index contributed by atoms with van der Waals surface area (Å²) in [6, 6.07) is 4.54. The predicted octanol–water partition coefficient (Wildman–Crippen LogP) is 4.93. The fourth-order valence-electron chi connectivity index (χ4n) is 1.85. The van der Waals surface area contributed by atoms with Crippen LogP contribution in [-0.4, -0.2) is 16.5 Å². The van der Waals surface area contributed by atoms with Gasteiger partial charge in [-0.2, -0.15) is 0 Å². The van der Waals surface area contributed by atoms with Crippen LogP contribution >= 0.6 is 34.2 Å². The van der Waals surface area contributed by atoms with Crippen molar-refractivity contribution in [1.82, 2.24) is 9.97 Å². The Labute approximate surface area is 142 Å². The van der Waals surface area contributed by atoms with Gasteiger partial charge in [-0.25, -0.2) is 14.4 Å². The normalized spacial score (nSPS) is 10.7. The van der Waals surface area contributed by atoms with Gasteiger partial charge in [0.1, 0.15) is 11.6 Å². The molecule has 6 heteroatoms. The first-order valence-electron chi connectivity index (χ1n) is 6.82. The van der Waals surface area contributed by atoms with Crippen molar-refractivity contribution < 1.29 is 4.39 Å². The van der Waals surface area contributed by atoms with E-state index in [0.29, 0.717) is 11.4 Å². The van der Waals surface area contributed by atoms with E-state index in [1.54, 1.807) is 12.1 Å². The second kappa shape index (κ2) is 7.35. The number of halogens is 3. The fraction of sp³-hybridized carbons (Fsp3) is 0.333. The molecular weight excluding hydrogens is 404 g/mol. The zero-order valence-electron chi connectivity index (χ0n) is 11.9. The molecule has 2 rings (SSSR count). The number of nitrogens with one attached hydrogen (secondary N) is 1. The van der Waals surface area contributed by atoms with Crippen LogP contribution in [0.4, 0.5) is 10.2 Å². The van der Waals surface area contributed by atoms with Crippen LogP contribution in [0, 0.1) is 9.39 Å². The highest BCUT2D eigenvalue weighted by molar-refractivity contribution is 14.1. The van der Waals surface area contributed by atoms with Crippen LogP contribution in [0.5, 0.6) is 0 Å². The second-order valence-corrected chi connectivity index (χ2v) is 6.05. The zero-order valence-corrected chi connectivity index (χ0v) is 14.8. The molecule has 1 heterocycles. The lowest BCUT2D eigenvalue weighted by Crippen LogP contribution is -2.08. The molecule has 1 aromatic carbocycles. The molecule has 0 aliphatic heterocycles. The molecule has 0 saturated carbocycles. The first kappa shape index (κ1) is 16.4. The maximum absolute atomic E-state index is 13.3. The standard InChI is InChI=1S/C15H16ClFIN3/c1-3-7-19-15-13(18)12(4-2)20-14(21-15)9-5-6-11(17)10(16)8-9/h5-6,8H,3-4,7H2,1-2H3,(H,19,20,21). The Morgan fingerprint density at radius 1 is 1.29 bits per heavy atom. The highest BCUT2D eigenvalue weighted by Crippen LogP contribution is 2.27.